The lowest BCUT2D eigenvalue weighted by Crippen LogP contribution is -2.42. The average molecular weight is 408 g/mol. The van der Waals surface area contributed by atoms with Crippen molar-refractivity contribution in [1.82, 2.24) is 15.6 Å². The van der Waals surface area contributed by atoms with Gasteiger partial charge in [-0.3, -0.25) is 4.99 Å². The number of hydrogen-bond acceptors (Lipinski definition) is 5. The molecule has 1 unspecified atom stereocenters. The van der Waals surface area contributed by atoms with E-state index in [-0.39, 0.29) is 17.6 Å². The van der Waals surface area contributed by atoms with Gasteiger partial charge in [0.05, 0.1) is 5.75 Å². The minimum absolute atomic E-state index is 0.0714. The van der Waals surface area contributed by atoms with Crippen LogP contribution in [-0.4, -0.2) is 44.5 Å². The van der Waals surface area contributed by atoms with Crippen LogP contribution in [0.4, 0.5) is 4.39 Å². The highest BCUT2D eigenvalue weighted by Crippen LogP contribution is 2.23. The summed E-state index contributed by atoms with van der Waals surface area (Å²) >= 11 is 0. The van der Waals surface area contributed by atoms with Crippen LogP contribution in [0.3, 0.4) is 0 Å². The molecule has 2 aromatic rings. The molecule has 2 N–H and O–H groups in total. The number of nitrogens with zero attached hydrogens (tertiary/aromatic N) is 2. The molecule has 1 heterocycles. The second-order valence-electron chi connectivity index (χ2n) is 6.42. The Labute approximate surface area is 165 Å². The van der Waals surface area contributed by atoms with Crippen molar-refractivity contribution in [2.75, 3.05) is 19.1 Å². The minimum Gasteiger partial charge on any atom is -0.439 e. The molecule has 0 radical (unpaired) electrons. The predicted molar refractivity (Wildman–Crippen MR) is 108 cm³/mol. The Morgan fingerprint density at radius 2 is 2.11 bits per heavy atom. The van der Waals surface area contributed by atoms with Crippen LogP contribution in [0.2, 0.25) is 0 Å². The van der Waals surface area contributed by atoms with Crippen LogP contribution in [0.25, 0.3) is 0 Å². The number of sulfone groups is 1. The number of aliphatic imine (C=N–C) groups is 1. The van der Waals surface area contributed by atoms with Crippen molar-refractivity contribution in [2.24, 2.45) is 4.99 Å². The van der Waals surface area contributed by atoms with E-state index in [9.17, 15) is 12.8 Å². The summed E-state index contributed by atoms with van der Waals surface area (Å²) in [4.78, 5) is 8.36. The molecule has 0 spiro atoms. The maximum absolute atomic E-state index is 13.4. The Hall–Kier alpha value is -2.68. The standard InChI is InChI=1S/C19H25FN4O3S/c1-14(9-11-28(3,25)26)24-19(21-2)23-13-15-6-5-10-22-18(15)27-17-8-4-7-16(20)12-17/h4-8,10,12,14H,9,11,13H2,1-3H3,(H2,21,23,24). The topological polar surface area (TPSA) is 92.7 Å². The number of hydrogen-bond donors (Lipinski definition) is 2. The molecule has 9 heteroatoms. The normalized spacial score (nSPS) is 13.1. The molecule has 0 saturated carbocycles. The maximum Gasteiger partial charge on any atom is 0.224 e. The summed E-state index contributed by atoms with van der Waals surface area (Å²) in [6.07, 6.45) is 3.29. The number of halogens is 1. The molecule has 1 atom stereocenters. The zero-order valence-electron chi connectivity index (χ0n) is 16.1. The molecule has 0 aliphatic heterocycles. The van der Waals surface area contributed by atoms with E-state index < -0.39 is 9.84 Å². The van der Waals surface area contributed by atoms with Crippen LogP contribution < -0.4 is 15.4 Å². The molecule has 0 aliphatic rings. The Morgan fingerprint density at radius 3 is 2.79 bits per heavy atom. The van der Waals surface area contributed by atoms with Crippen molar-refractivity contribution in [2.45, 2.75) is 25.9 Å². The number of aromatic nitrogens is 1. The number of ether oxygens (including phenoxy) is 1. The monoisotopic (exact) mass is 408 g/mol. The van der Waals surface area contributed by atoms with E-state index in [0.717, 1.165) is 5.56 Å². The second-order valence-corrected chi connectivity index (χ2v) is 8.68. The molecule has 0 amide bonds. The first-order chi connectivity index (χ1) is 13.3. The molecule has 2 rings (SSSR count). The van der Waals surface area contributed by atoms with Gasteiger partial charge in [0, 0.05) is 43.7 Å². The van der Waals surface area contributed by atoms with Gasteiger partial charge in [-0.05, 0) is 31.5 Å². The summed E-state index contributed by atoms with van der Waals surface area (Å²) in [5.74, 6) is 0.965. The fourth-order valence-electron chi connectivity index (χ4n) is 2.36. The van der Waals surface area contributed by atoms with Gasteiger partial charge in [0.25, 0.3) is 0 Å². The molecule has 1 aromatic carbocycles. The minimum atomic E-state index is -3.01. The molecule has 1 aromatic heterocycles. The number of pyridine rings is 1. The van der Waals surface area contributed by atoms with E-state index >= 15 is 0 Å². The molecule has 7 nitrogen and oxygen atoms in total. The summed E-state index contributed by atoms with van der Waals surface area (Å²) in [7, 11) is -1.38. The zero-order chi connectivity index (χ0) is 20.6. The van der Waals surface area contributed by atoms with Crippen LogP contribution in [0.15, 0.2) is 47.6 Å². The summed E-state index contributed by atoms with van der Waals surface area (Å²) in [6, 6.07) is 9.39. The quantitative estimate of drug-likeness (QED) is 0.515. The smallest absolute Gasteiger partial charge is 0.224 e. The van der Waals surface area contributed by atoms with Crippen molar-refractivity contribution in [1.29, 1.82) is 0 Å². The molecular weight excluding hydrogens is 383 g/mol. The van der Waals surface area contributed by atoms with Gasteiger partial charge in [-0.1, -0.05) is 12.1 Å². The summed E-state index contributed by atoms with van der Waals surface area (Å²) < 4.78 is 41.6. The van der Waals surface area contributed by atoms with Crippen molar-refractivity contribution in [3.8, 4) is 11.6 Å². The summed E-state index contributed by atoms with van der Waals surface area (Å²) in [6.45, 7) is 2.26. The first kappa shape index (κ1) is 21.6. The Morgan fingerprint density at radius 1 is 1.32 bits per heavy atom. The first-order valence-electron chi connectivity index (χ1n) is 8.79. The highest BCUT2D eigenvalue weighted by molar-refractivity contribution is 7.90. The fourth-order valence-corrected chi connectivity index (χ4v) is 3.14. The maximum atomic E-state index is 13.4. The highest BCUT2D eigenvalue weighted by atomic mass is 32.2. The van der Waals surface area contributed by atoms with Gasteiger partial charge in [-0.2, -0.15) is 0 Å². The lowest BCUT2D eigenvalue weighted by atomic mass is 10.2. The molecule has 152 valence electrons. The number of guanidine groups is 1. The van der Waals surface area contributed by atoms with Gasteiger partial charge in [0.2, 0.25) is 5.88 Å². The van der Waals surface area contributed by atoms with E-state index in [4.69, 9.17) is 4.74 Å². The fraction of sp³-hybridized carbons (Fsp3) is 0.368. The van der Waals surface area contributed by atoms with Crippen molar-refractivity contribution >= 4 is 15.8 Å². The van der Waals surface area contributed by atoms with E-state index in [1.807, 2.05) is 13.0 Å². The summed E-state index contributed by atoms with van der Waals surface area (Å²) in [5, 5.41) is 6.30. The van der Waals surface area contributed by atoms with Gasteiger partial charge in [-0.25, -0.2) is 17.8 Å². The second kappa shape index (κ2) is 10.0. The molecular formula is C19H25FN4O3S. The van der Waals surface area contributed by atoms with Gasteiger partial charge in [-0.15, -0.1) is 0 Å². The van der Waals surface area contributed by atoms with Gasteiger partial charge < -0.3 is 15.4 Å². The molecule has 0 aliphatic carbocycles. The largest absolute Gasteiger partial charge is 0.439 e. The number of benzene rings is 1. The van der Waals surface area contributed by atoms with Crippen molar-refractivity contribution < 1.29 is 17.5 Å². The first-order valence-corrected chi connectivity index (χ1v) is 10.8. The zero-order valence-corrected chi connectivity index (χ0v) is 17.0. The third-order valence-corrected chi connectivity index (χ3v) is 4.81. The Balaban J connectivity index is 1.97. The lowest BCUT2D eigenvalue weighted by Gasteiger charge is -2.18. The third kappa shape index (κ3) is 7.51. The van der Waals surface area contributed by atoms with Gasteiger partial charge in [0.15, 0.2) is 5.96 Å². The van der Waals surface area contributed by atoms with Gasteiger partial charge in [0.1, 0.15) is 21.4 Å². The highest BCUT2D eigenvalue weighted by Gasteiger charge is 2.11. The Bertz CT molecular complexity index is 919. The molecule has 0 fully saturated rings. The SMILES string of the molecule is CN=C(NCc1cccnc1Oc1cccc(F)c1)NC(C)CCS(C)(=O)=O. The van der Waals surface area contributed by atoms with Crippen LogP contribution in [0.5, 0.6) is 11.6 Å². The average Bonchev–Trinajstić information content (AvgIpc) is 2.64. The third-order valence-electron chi connectivity index (χ3n) is 3.84. The Kier molecular flexibility index (Phi) is 7.74. The van der Waals surface area contributed by atoms with E-state index in [1.54, 1.807) is 31.4 Å². The number of rotatable bonds is 8. The van der Waals surface area contributed by atoms with Gasteiger partial charge >= 0.3 is 0 Å². The van der Waals surface area contributed by atoms with Crippen LogP contribution in [0.1, 0.15) is 18.9 Å². The lowest BCUT2D eigenvalue weighted by molar-refractivity contribution is 0.450. The van der Waals surface area contributed by atoms with Crippen LogP contribution in [0, 0.1) is 5.82 Å². The molecule has 0 bridgehead atoms. The number of nitrogens with one attached hydrogen (secondary N) is 2. The van der Waals surface area contributed by atoms with Crippen LogP contribution >= 0.6 is 0 Å². The predicted octanol–water partition coefficient (Wildman–Crippen LogP) is 2.50. The summed E-state index contributed by atoms with van der Waals surface area (Å²) in [5.41, 5.74) is 0.763. The van der Waals surface area contributed by atoms with E-state index in [2.05, 4.69) is 20.6 Å². The van der Waals surface area contributed by atoms with E-state index in [1.165, 1.54) is 18.4 Å². The van der Waals surface area contributed by atoms with Crippen molar-refractivity contribution in [3.63, 3.8) is 0 Å². The van der Waals surface area contributed by atoms with Crippen molar-refractivity contribution in [3.05, 3.63) is 54.0 Å². The molecule has 0 saturated heterocycles. The van der Waals surface area contributed by atoms with Crippen LogP contribution in [-0.2, 0) is 16.4 Å². The molecule has 28 heavy (non-hydrogen) atoms. The van der Waals surface area contributed by atoms with E-state index in [0.29, 0.717) is 30.6 Å².